The first-order valence-corrected chi connectivity index (χ1v) is 8.87. The molecule has 1 aliphatic heterocycles. The normalized spacial score (nSPS) is 12.8. The topological polar surface area (TPSA) is 69.0 Å². The molecule has 1 N–H and O–H groups in total. The number of amides is 1. The van der Waals surface area contributed by atoms with E-state index in [1.54, 1.807) is 30.5 Å². The monoisotopic (exact) mass is 354 g/mol. The van der Waals surface area contributed by atoms with Gasteiger partial charge >= 0.3 is 0 Å². The third kappa shape index (κ3) is 3.51. The maximum atomic E-state index is 12.9. The molecule has 1 aliphatic rings. The first-order valence-electron chi connectivity index (χ1n) is 8.87. The lowest BCUT2D eigenvalue weighted by atomic mass is 10.0. The molecule has 0 bridgehead atoms. The van der Waals surface area contributed by atoms with Crippen molar-refractivity contribution in [1.82, 2.24) is 4.98 Å². The number of aryl methyl sites for hydroxylation is 1. The van der Waals surface area contributed by atoms with E-state index >= 15 is 0 Å². The zero-order chi connectivity index (χ0) is 18.6. The van der Waals surface area contributed by atoms with Gasteiger partial charge in [-0.25, -0.2) is 4.98 Å². The number of anilines is 3. The van der Waals surface area contributed by atoms with Crippen molar-refractivity contribution >= 4 is 23.1 Å². The number of hydrogen-bond donors (Lipinski definition) is 1. The van der Waals surface area contributed by atoms with E-state index in [9.17, 15) is 4.79 Å². The molecular formula is C22H18N4O. The van der Waals surface area contributed by atoms with E-state index in [-0.39, 0.29) is 5.91 Å². The van der Waals surface area contributed by atoms with Crippen LogP contribution in [-0.2, 0) is 6.42 Å². The van der Waals surface area contributed by atoms with Crippen LogP contribution in [0.2, 0.25) is 0 Å². The molecule has 0 saturated carbocycles. The average molecular weight is 354 g/mol. The number of nitriles is 1. The molecule has 2 aromatic carbocycles. The van der Waals surface area contributed by atoms with Crippen LogP contribution in [0.15, 0.2) is 66.9 Å². The molecule has 3 aromatic rings. The fraction of sp³-hybridized carbons (Fsp3) is 0.136. The molecule has 0 atom stereocenters. The summed E-state index contributed by atoms with van der Waals surface area (Å²) in [6.45, 7) is 0.723. The minimum absolute atomic E-state index is 0.0282. The van der Waals surface area contributed by atoms with Crippen LogP contribution in [0.5, 0.6) is 0 Å². The number of benzene rings is 2. The summed E-state index contributed by atoms with van der Waals surface area (Å²) in [5, 5.41) is 12.0. The van der Waals surface area contributed by atoms with Crippen LogP contribution in [0, 0.1) is 11.3 Å². The van der Waals surface area contributed by atoms with Crippen LogP contribution in [0.1, 0.15) is 27.9 Å². The van der Waals surface area contributed by atoms with Crippen LogP contribution in [-0.4, -0.2) is 17.4 Å². The largest absolute Gasteiger partial charge is 0.340 e. The first kappa shape index (κ1) is 16.8. The Morgan fingerprint density at radius 1 is 1.07 bits per heavy atom. The third-order valence-corrected chi connectivity index (χ3v) is 4.65. The molecule has 1 aromatic heterocycles. The number of nitrogens with zero attached hydrogens (tertiary/aromatic N) is 3. The lowest BCUT2D eigenvalue weighted by molar-refractivity contribution is 0.0985. The Bertz CT molecular complexity index is 1000. The number of aromatic nitrogens is 1. The van der Waals surface area contributed by atoms with Crippen LogP contribution >= 0.6 is 0 Å². The molecule has 0 fully saturated rings. The van der Waals surface area contributed by atoms with Gasteiger partial charge in [0, 0.05) is 24.1 Å². The summed E-state index contributed by atoms with van der Waals surface area (Å²) in [6, 6.07) is 20.9. The molecule has 27 heavy (non-hydrogen) atoms. The molecule has 2 heterocycles. The van der Waals surface area contributed by atoms with Crippen molar-refractivity contribution in [2.45, 2.75) is 12.8 Å². The molecule has 0 aliphatic carbocycles. The quantitative estimate of drug-likeness (QED) is 0.762. The summed E-state index contributed by atoms with van der Waals surface area (Å²) in [5.74, 6) is 0.620. The summed E-state index contributed by atoms with van der Waals surface area (Å²) in [6.07, 6.45) is 3.58. The SMILES string of the molecule is N#Cc1ccc(Nc2ccc(C(=O)N3CCCc4ccccc43)cn2)cc1. The summed E-state index contributed by atoms with van der Waals surface area (Å²) in [5.41, 5.74) is 4.22. The Kier molecular flexibility index (Phi) is 4.54. The summed E-state index contributed by atoms with van der Waals surface area (Å²) < 4.78 is 0. The van der Waals surface area contributed by atoms with E-state index < -0.39 is 0 Å². The predicted octanol–water partition coefficient (Wildman–Crippen LogP) is 4.29. The number of carbonyl (C=O) groups is 1. The van der Waals surface area contributed by atoms with E-state index in [2.05, 4.69) is 22.4 Å². The van der Waals surface area contributed by atoms with Gasteiger partial charge in [-0.15, -0.1) is 0 Å². The van der Waals surface area contributed by atoms with Gasteiger partial charge in [0.1, 0.15) is 5.82 Å². The maximum absolute atomic E-state index is 12.9. The maximum Gasteiger partial charge on any atom is 0.259 e. The molecule has 0 spiro atoms. The van der Waals surface area contributed by atoms with Gasteiger partial charge in [0.2, 0.25) is 0 Å². The molecule has 0 unspecified atom stereocenters. The van der Waals surface area contributed by atoms with Crippen molar-refractivity contribution < 1.29 is 4.79 Å². The number of pyridine rings is 1. The molecule has 0 radical (unpaired) electrons. The van der Waals surface area contributed by atoms with Crippen LogP contribution in [0.3, 0.4) is 0 Å². The number of para-hydroxylation sites is 1. The summed E-state index contributed by atoms with van der Waals surface area (Å²) >= 11 is 0. The highest BCUT2D eigenvalue weighted by atomic mass is 16.2. The van der Waals surface area contributed by atoms with Gasteiger partial charge < -0.3 is 10.2 Å². The molecule has 4 rings (SSSR count). The Hall–Kier alpha value is -3.65. The molecule has 0 saturated heterocycles. The highest BCUT2D eigenvalue weighted by molar-refractivity contribution is 6.06. The molecular weight excluding hydrogens is 336 g/mol. The second-order valence-corrected chi connectivity index (χ2v) is 6.44. The number of fused-ring (bicyclic) bond motifs is 1. The van der Waals surface area contributed by atoms with Crippen molar-refractivity contribution in [2.24, 2.45) is 0 Å². The summed E-state index contributed by atoms with van der Waals surface area (Å²) in [7, 11) is 0. The molecule has 1 amide bonds. The van der Waals surface area contributed by atoms with Crippen molar-refractivity contribution in [2.75, 3.05) is 16.8 Å². The van der Waals surface area contributed by atoms with E-state index in [0.29, 0.717) is 16.9 Å². The van der Waals surface area contributed by atoms with Crippen molar-refractivity contribution in [3.05, 3.63) is 83.6 Å². The molecule has 5 nitrogen and oxygen atoms in total. The second-order valence-electron chi connectivity index (χ2n) is 6.44. The van der Waals surface area contributed by atoms with Crippen molar-refractivity contribution in [3.8, 4) is 6.07 Å². The molecule has 132 valence electrons. The number of nitrogens with one attached hydrogen (secondary N) is 1. The van der Waals surface area contributed by atoms with Gasteiger partial charge in [0.15, 0.2) is 0 Å². The highest BCUT2D eigenvalue weighted by Crippen LogP contribution is 2.28. The van der Waals surface area contributed by atoms with E-state index in [0.717, 1.165) is 30.8 Å². The van der Waals surface area contributed by atoms with Gasteiger partial charge in [0.25, 0.3) is 5.91 Å². The van der Waals surface area contributed by atoms with Crippen molar-refractivity contribution in [3.63, 3.8) is 0 Å². The van der Waals surface area contributed by atoms with Crippen LogP contribution in [0.25, 0.3) is 0 Å². The zero-order valence-corrected chi connectivity index (χ0v) is 14.7. The van der Waals surface area contributed by atoms with Gasteiger partial charge in [-0.3, -0.25) is 4.79 Å². The van der Waals surface area contributed by atoms with Gasteiger partial charge in [-0.2, -0.15) is 5.26 Å². The van der Waals surface area contributed by atoms with Crippen molar-refractivity contribution in [1.29, 1.82) is 5.26 Å². The lowest BCUT2D eigenvalue weighted by Crippen LogP contribution is -2.35. The number of carbonyl (C=O) groups excluding carboxylic acids is 1. The Labute approximate surface area is 157 Å². The van der Waals surface area contributed by atoms with Crippen LogP contribution in [0.4, 0.5) is 17.2 Å². The van der Waals surface area contributed by atoms with Gasteiger partial charge in [-0.1, -0.05) is 18.2 Å². The fourth-order valence-electron chi connectivity index (χ4n) is 3.27. The number of rotatable bonds is 3. The first-order chi connectivity index (χ1) is 13.2. The standard InChI is InChI=1S/C22H18N4O/c23-14-16-7-10-19(11-8-16)25-21-12-9-18(15-24-21)22(27)26-13-3-5-17-4-1-2-6-20(17)26/h1-2,4,6-12,15H,3,5,13H2,(H,24,25). The average Bonchev–Trinajstić information content (AvgIpc) is 2.74. The minimum Gasteiger partial charge on any atom is -0.340 e. The predicted molar refractivity (Wildman–Crippen MR) is 105 cm³/mol. The zero-order valence-electron chi connectivity index (χ0n) is 14.7. The van der Waals surface area contributed by atoms with Gasteiger partial charge in [0.05, 0.1) is 17.2 Å². The lowest BCUT2D eigenvalue weighted by Gasteiger charge is -2.29. The fourth-order valence-corrected chi connectivity index (χ4v) is 3.27. The van der Waals surface area contributed by atoms with E-state index in [4.69, 9.17) is 5.26 Å². The number of hydrogen-bond acceptors (Lipinski definition) is 4. The third-order valence-electron chi connectivity index (χ3n) is 4.65. The Balaban J connectivity index is 1.50. The minimum atomic E-state index is -0.0282. The molecule has 5 heteroatoms. The second kappa shape index (κ2) is 7.30. The van der Waals surface area contributed by atoms with Gasteiger partial charge in [-0.05, 0) is 60.9 Å². The van der Waals surface area contributed by atoms with E-state index in [1.165, 1.54) is 5.56 Å². The Morgan fingerprint density at radius 2 is 1.89 bits per heavy atom. The smallest absolute Gasteiger partial charge is 0.259 e. The summed E-state index contributed by atoms with van der Waals surface area (Å²) in [4.78, 5) is 19.1. The van der Waals surface area contributed by atoms with Crippen LogP contribution < -0.4 is 10.2 Å². The van der Waals surface area contributed by atoms with E-state index in [1.807, 2.05) is 35.2 Å². The highest BCUT2D eigenvalue weighted by Gasteiger charge is 2.23. The Morgan fingerprint density at radius 3 is 2.63 bits per heavy atom.